The number of aryl methyl sites for hydroxylation is 3. The average molecular weight is 240 g/mol. The van der Waals surface area contributed by atoms with Crippen LogP contribution in [0.3, 0.4) is 0 Å². The minimum absolute atomic E-state index is 0.147. The third-order valence-corrected chi connectivity index (χ3v) is 2.75. The minimum Gasteiger partial charge on any atom is -0.506 e. The molecule has 0 aliphatic heterocycles. The number of rotatable bonds is 2. The van der Waals surface area contributed by atoms with Crippen LogP contribution in [-0.2, 0) is 0 Å². The number of phenolic OH excluding ortho intramolecular Hbond substituents is 1. The molecule has 0 aliphatic carbocycles. The first-order valence-electron chi connectivity index (χ1n) is 5.85. The Kier molecular flexibility index (Phi) is 3.42. The molecule has 0 bridgehead atoms. The van der Waals surface area contributed by atoms with Crippen LogP contribution in [-0.4, -0.2) is 5.11 Å². The van der Waals surface area contributed by atoms with Gasteiger partial charge in [0, 0.05) is 0 Å². The van der Waals surface area contributed by atoms with Gasteiger partial charge in [0.1, 0.15) is 11.4 Å². The van der Waals surface area contributed by atoms with E-state index in [-0.39, 0.29) is 5.75 Å². The maximum atomic E-state index is 9.67. The van der Waals surface area contributed by atoms with E-state index in [0.717, 1.165) is 16.8 Å². The Bertz CT molecular complexity index is 603. The summed E-state index contributed by atoms with van der Waals surface area (Å²) in [4.78, 5) is 0. The highest BCUT2D eigenvalue weighted by atomic mass is 16.3. The molecular formula is C15H16N2O. The molecule has 2 aromatic carbocycles. The molecule has 1 N–H and O–H groups in total. The third-order valence-electron chi connectivity index (χ3n) is 2.75. The van der Waals surface area contributed by atoms with Crippen LogP contribution in [0.4, 0.5) is 11.4 Å². The molecule has 0 atom stereocenters. The highest BCUT2D eigenvalue weighted by Gasteiger charge is 2.00. The number of nitrogens with zero attached hydrogens (tertiary/aromatic N) is 2. The van der Waals surface area contributed by atoms with Gasteiger partial charge in [0.2, 0.25) is 0 Å². The van der Waals surface area contributed by atoms with E-state index in [0.29, 0.717) is 5.69 Å². The van der Waals surface area contributed by atoms with Crippen molar-refractivity contribution in [3.63, 3.8) is 0 Å². The van der Waals surface area contributed by atoms with Crippen LogP contribution in [0.1, 0.15) is 16.7 Å². The summed E-state index contributed by atoms with van der Waals surface area (Å²) >= 11 is 0. The molecule has 0 amide bonds. The van der Waals surface area contributed by atoms with Gasteiger partial charge >= 0.3 is 0 Å². The summed E-state index contributed by atoms with van der Waals surface area (Å²) in [5.41, 5.74) is 4.63. The molecule has 0 radical (unpaired) electrons. The summed E-state index contributed by atoms with van der Waals surface area (Å²) in [7, 11) is 0. The zero-order valence-electron chi connectivity index (χ0n) is 10.8. The van der Waals surface area contributed by atoms with Crippen molar-refractivity contribution in [3.05, 3.63) is 53.1 Å². The van der Waals surface area contributed by atoms with E-state index in [9.17, 15) is 5.11 Å². The number of aromatic hydroxyl groups is 1. The molecule has 18 heavy (non-hydrogen) atoms. The smallest absolute Gasteiger partial charge is 0.143 e. The van der Waals surface area contributed by atoms with Crippen LogP contribution >= 0.6 is 0 Å². The molecule has 0 heterocycles. The van der Waals surface area contributed by atoms with Crippen molar-refractivity contribution < 1.29 is 5.11 Å². The first-order chi connectivity index (χ1) is 8.56. The van der Waals surface area contributed by atoms with Crippen molar-refractivity contribution in [2.45, 2.75) is 20.8 Å². The Morgan fingerprint density at radius 1 is 0.778 bits per heavy atom. The number of hydrogen-bond donors (Lipinski definition) is 1. The van der Waals surface area contributed by atoms with E-state index in [2.05, 4.69) is 16.3 Å². The largest absolute Gasteiger partial charge is 0.506 e. The molecule has 0 aromatic heterocycles. The summed E-state index contributed by atoms with van der Waals surface area (Å²) in [6.07, 6.45) is 0. The first-order valence-corrected chi connectivity index (χ1v) is 5.85. The lowest BCUT2D eigenvalue weighted by molar-refractivity contribution is 0.476. The number of phenols is 1. The van der Waals surface area contributed by atoms with Crippen LogP contribution in [0.15, 0.2) is 46.6 Å². The van der Waals surface area contributed by atoms with Gasteiger partial charge in [-0.3, -0.25) is 0 Å². The van der Waals surface area contributed by atoms with E-state index in [1.54, 1.807) is 6.07 Å². The van der Waals surface area contributed by atoms with E-state index >= 15 is 0 Å². The fourth-order valence-corrected chi connectivity index (χ4v) is 1.74. The Labute approximate surface area is 107 Å². The van der Waals surface area contributed by atoms with E-state index in [1.165, 1.54) is 5.56 Å². The molecule has 92 valence electrons. The quantitative estimate of drug-likeness (QED) is 0.757. The van der Waals surface area contributed by atoms with Crippen LogP contribution < -0.4 is 0 Å². The van der Waals surface area contributed by atoms with Gasteiger partial charge in [-0.15, -0.1) is 5.11 Å². The molecule has 0 unspecified atom stereocenters. The summed E-state index contributed by atoms with van der Waals surface area (Å²) in [6, 6.07) is 11.3. The Balaban J connectivity index is 2.32. The lowest BCUT2D eigenvalue weighted by Crippen LogP contribution is -1.77. The second kappa shape index (κ2) is 5.00. The topological polar surface area (TPSA) is 45.0 Å². The zero-order chi connectivity index (χ0) is 13.1. The summed E-state index contributed by atoms with van der Waals surface area (Å²) in [6.45, 7) is 5.99. The standard InChI is InChI=1S/C15H16N2O/c1-10-4-6-13(12(3)8-10)16-17-14-9-11(2)5-7-15(14)18/h4-9,18H,1-3H3. The van der Waals surface area contributed by atoms with E-state index in [4.69, 9.17) is 0 Å². The molecule has 0 saturated heterocycles. The lowest BCUT2D eigenvalue weighted by Gasteiger charge is -2.01. The van der Waals surface area contributed by atoms with Crippen LogP contribution in [0, 0.1) is 20.8 Å². The summed E-state index contributed by atoms with van der Waals surface area (Å²) in [5, 5.41) is 18.0. The number of hydrogen-bond acceptors (Lipinski definition) is 3. The molecular weight excluding hydrogens is 224 g/mol. The van der Waals surface area contributed by atoms with Gasteiger partial charge in [0.25, 0.3) is 0 Å². The maximum absolute atomic E-state index is 9.67. The van der Waals surface area contributed by atoms with Crippen molar-refractivity contribution in [2.75, 3.05) is 0 Å². The van der Waals surface area contributed by atoms with Gasteiger partial charge in [-0.25, -0.2) is 0 Å². The van der Waals surface area contributed by atoms with Crippen LogP contribution in [0.5, 0.6) is 5.75 Å². The van der Waals surface area contributed by atoms with Gasteiger partial charge in [0.05, 0.1) is 5.69 Å². The number of benzene rings is 2. The molecule has 0 fully saturated rings. The molecule has 2 aromatic rings. The SMILES string of the molecule is Cc1ccc(N=Nc2cc(C)ccc2O)c(C)c1. The highest BCUT2D eigenvalue weighted by Crippen LogP contribution is 2.29. The van der Waals surface area contributed by atoms with Gasteiger partial charge in [0.15, 0.2) is 0 Å². The minimum atomic E-state index is 0.147. The van der Waals surface area contributed by atoms with Gasteiger partial charge in [-0.05, 0) is 50.1 Å². The van der Waals surface area contributed by atoms with Crippen molar-refractivity contribution in [3.8, 4) is 5.75 Å². The zero-order valence-corrected chi connectivity index (χ0v) is 10.8. The van der Waals surface area contributed by atoms with Gasteiger partial charge in [-0.2, -0.15) is 5.11 Å². The van der Waals surface area contributed by atoms with Crippen molar-refractivity contribution >= 4 is 11.4 Å². The van der Waals surface area contributed by atoms with E-state index in [1.807, 2.05) is 45.0 Å². The molecule has 0 saturated carbocycles. The second-order valence-electron chi connectivity index (χ2n) is 4.48. The first kappa shape index (κ1) is 12.3. The van der Waals surface area contributed by atoms with Crippen LogP contribution in [0.2, 0.25) is 0 Å². The fraction of sp³-hybridized carbons (Fsp3) is 0.200. The van der Waals surface area contributed by atoms with E-state index < -0.39 is 0 Å². The van der Waals surface area contributed by atoms with Gasteiger partial charge < -0.3 is 5.11 Å². The third kappa shape index (κ3) is 2.74. The second-order valence-corrected chi connectivity index (χ2v) is 4.48. The fourth-order valence-electron chi connectivity index (χ4n) is 1.74. The van der Waals surface area contributed by atoms with Crippen molar-refractivity contribution in [1.82, 2.24) is 0 Å². The Hall–Kier alpha value is -2.16. The predicted octanol–water partition coefficient (Wildman–Crippen LogP) is 4.73. The predicted molar refractivity (Wildman–Crippen MR) is 72.9 cm³/mol. The molecule has 3 heteroatoms. The number of azo groups is 1. The molecule has 2 rings (SSSR count). The van der Waals surface area contributed by atoms with Crippen LogP contribution in [0.25, 0.3) is 0 Å². The highest BCUT2D eigenvalue weighted by molar-refractivity contribution is 5.53. The molecule has 3 nitrogen and oxygen atoms in total. The average Bonchev–Trinajstić information content (AvgIpc) is 2.32. The Morgan fingerprint density at radius 2 is 1.39 bits per heavy atom. The van der Waals surface area contributed by atoms with Crippen molar-refractivity contribution in [1.29, 1.82) is 0 Å². The normalized spacial score (nSPS) is 11.1. The molecule has 0 spiro atoms. The summed E-state index contributed by atoms with van der Waals surface area (Å²) in [5.74, 6) is 0.147. The van der Waals surface area contributed by atoms with Gasteiger partial charge in [-0.1, -0.05) is 23.8 Å². The summed E-state index contributed by atoms with van der Waals surface area (Å²) < 4.78 is 0. The molecule has 0 aliphatic rings. The van der Waals surface area contributed by atoms with Crippen molar-refractivity contribution in [2.24, 2.45) is 10.2 Å². The Morgan fingerprint density at radius 3 is 2.11 bits per heavy atom. The lowest BCUT2D eigenvalue weighted by atomic mass is 10.1. The monoisotopic (exact) mass is 240 g/mol. The maximum Gasteiger partial charge on any atom is 0.143 e.